The van der Waals surface area contributed by atoms with E-state index < -0.39 is 0 Å². The summed E-state index contributed by atoms with van der Waals surface area (Å²) in [6.45, 7) is 4.90. The molecule has 3 aliphatic rings. The number of carbonyl (C=O) groups is 1. The number of halogens is 1. The summed E-state index contributed by atoms with van der Waals surface area (Å²) >= 11 is 6.35. The van der Waals surface area contributed by atoms with E-state index in [0.29, 0.717) is 54.1 Å². The summed E-state index contributed by atoms with van der Waals surface area (Å²) in [6.07, 6.45) is 5.64. The van der Waals surface area contributed by atoms with E-state index in [-0.39, 0.29) is 18.1 Å². The van der Waals surface area contributed by atoms with Crippen LogP contribution in [0, 0.1) is 11.8 Å². The summed E-state index contributed by atoms with van der Waals surface area (Å²) in [5.41, 5.74) is 1.39. The number of amides is 1. The zero-order valence-corrected chi connectivity index (χ0v) is 20.2. The lowest BCUT2D eigenvalue weighted by atomic mass is 9.93. The number of rotatable bonds is 8. The Morgan fingerprint density at radius 1 is 1.24 bits per heavy atom. The molecule has 1 aromatic carbocycles. The summed E-state index contributed by atoms with van der Waals surface area (Å²) < 4.78 is 5.52. The van der Waals surface area contributed by atoms with Crippen LogP contribution in [0.25, 0.3) is 0 Å². The fraction of sp³-hybridized carbons (Fsp3) is 0.560. The molecule has 0 unspecified atom stereocenters. The highest BCUT2D eigenvalue weighted by Gasteiger charge is 2.46. The van der Waals surface area contributed by atoms with Gasteiger partial charge in [0.15, 0.2) is 0 Å². The van der Waals surface area contributed by atoms with E-state index in [4.69, 9.17) is 21.3 Å². The van der Waals surface area contributed by atoms with E-state index in [9.17, 15) is 9.90 Å². The molecule has 0 radical (unpaired) electrons. The van der Waals surface area contributed by atoms with Crippen molar-refractivity contribution in [2.75, 3.05) is 29.9 Å². The first-order valence-corrected chi connectivity index (χ1v) is 12.6. The summed E-state index contributed by atoms with van der Waals surface area (Å²) in [5, 5.41) is 16.8. The predicted octanol–water partition coefficient (Wildman–Crippen LogP) is 3.63. The molecule has 1 aliphatic heterocycles. The molecule has 1 saturated heterocycles. The topological polar surface area (TPSA) is 99.6 Å². The highest BCUT2D eigenvalue weighted by molar-refractivity contribution is 6.32. The first kappa shape index (κ1) is 23.2. The van der Waals surface area contributed by atoms with Crippen molar-refractivity contribution in [1.29, 1.82) is 0 Å². The Kier molecular flexibility index (Phi) is 6.79. The molecule has 3 fully saturated rings. The van der Waals surface area contributed by atoms with Crippen LogP contribution in [0.4, 0.5) is 11.8 Å². The van der Waals surface area contributed by atoms with Crippen molar-refractivity contribution in [3.63, 3.8) is 0 Å². The van der Waals surface area contributed by atoms with Crippen molar-refractivity contribution >= 4 is 29.3 Å². The number of nitrogens with zero attached hydrogens (tertiary/aromatic N) is 3. The van der Waals surface area contributed by atoms with Gasteiger partial charge in [0.2, 0.25) is 5.95 Å². The molecule has 34 heavy (non-hydrogen) atoms. The second-order valence-corrected chi connectivity index (χ2v) is 10.0. The van der Waals surface area contributed by atoms with Gasteiger partial charge in [0.05, 0.1) is 17.7 Å². The zero-order valence-electron chi connectivity index (χ0n) is 19.5. The second kappa shape index (κ2) is 9.96. The Hall–Kier alpha value is -2.58. The predicted molar refractivity (Wildman–Crippen MR) is 132 cm³/mol. The molecule has 2 aliphatic carbocycles. The number of aliphatic hydroxyl groups is 1. The highest BCUT2D eigenvalue weighted by atomic mass is 35.5. The fourth-order valence-corrected chi connectivity index (χ4v) is 5.24. The summed E-state index contributed by atoms with van der Waals surface area (Å²) in [7, 11) is 0. The van der Waals surface area contributed by atoms with E-state index in [1.165, 1.54) is 6.42 Å². The van der Waals surface area contributed by atoms with Gasteiger partial charge < -0.3 is 25.4 Å². The molecule has 1 amide bonds. The molecule has 2 saturated carbocycles. The van der Waals surface area contributed by atoms with Crippen molar-refractivity contribution in [1.82, 2.24) is 15.3 Å². The van der Waals surface area contributed by atoms with Gasteiger partial charge in [0.1, 0.15) is 17.1 Å². The fourth-order valence-electron chi connectivity index (χ4n) is 4.98. The van der Waals surface area contributed by atoms with Crippen molar-refractivity contribution < 1.29 is 14.6 Å². The summed E-state index contributed by atoms with van der Waals surface area (Å²) in [4.78, 5) is 24.7. The molecule has 8 nitrogen and oxygen atoms in total. The maximum Gasteiger partial charge on any atom is 0.256 e. The normalized spacial score (nSPS) is 25.6. The minimum atomic E-state index is -0.263. The number of anilines is 2. The summed E-state index contributed by atoms with van der Waals surface area (Å²) in [5.74, 6) is 3.17. The Bertz CT molecular complexity index is 1030. The number of aliphatic hydroxyl groups excluding tert-OH is 1. The number of piperidine rings is 1. The highest BCUT2D eigenvalue weighted by Crippen LogP contribution is 2.45. The number of carbonyl (C=O) groups excluding carboxylic acids is 1. The van der Waals surface area contributed by atoms with Gasteiger partial charge in [0.25, 0.3) is 5.91 Å². The molecule has 3 N–H and O–H groups in total. The van der Waals surface area contributed by atoms with Gasteiger partial charge in [0, 0.05) is 31.9 Å². The van der Waals surface area contributed by atoms with Crippen LogP contribution in [0.2, 0.25) is 5.02 Å². The van der Waals surface area contributed by atoms with Gasteiger partial charge in [-0.25, -0.2) is 4.98 Å². The number of nitrogens with one attached hydrogen (secondary N) is 2. The Morgan fingerprint density at radius 3 is 2.71 bits per heavy atom. The van der Waals surface area contributed by atoms with Crippen molar-refractivity contribution in [3.8, 4) is 5.75 Å². The van der Waals surface area contributed by atoms with E-state index in [0.717, 1.165) is 43.3 Å². The van der Waals surface area contributed by atoms with E-state index >= 15 is 0 Å². The Balaban J connectivity index is 1.33. The lowest BCUT2D eigenvalue weighted by Gasteiger charge is -2.26. The van der Waals surface area contributed by atoms with Crippen LogP contribution in [0.1, 0.15) is 54.9 Å². The first-order valence-electron chi connectivity index (χ1n) is 12.3. The minimum absolute atomic E-state index is 0.0547. The van der Waals surface area contributed by atoms with Crippen LogP contribution >= 0.6 is 11.6 Å². The van der Waals surface area contributed by atoms with Crippen LogP contribution in [-0.4, -0.2) is 52.8 Å². The molecule has 1 aromatic heterocycles. The maximum atomic E-state index is 13.1. The first-order chi connectivity index (χ1) is 16.5. The molecule has 0 spiro atoms. The van der Waals surface area contributed by atoms with Gasteiger partial charge in [-0.3, -0.25) is 4.79 Å². The van der Waals surface area contributed by atoms with Crippen LogP contribution in [0.3, 0.4) is 0 Å². The smallest absolute Gasteiger partial charge is 0.256 e. The standard InChI is InChI=1S/C25H32ClN5O3/c1-2-34-22-8-3-15(9-21(22)26)11-27-23-20(24(33)29-18-4-6-19(32)7-5-18)12-28-25(30-23)31-13-16-10-17(16)14-31/h3,8-9,12,16-19,32H,2,4-7,10-11,13-14H2,1H3,(H,29,33)(H,27,28,30)/t16-,17-,18?,19?/m0/s1. The third-order valence-corrected chi connectivity index (χ3v) is 7.37. The van der Waals surface area contributed by atoms with E-state index in [2.05, 4.69) is 20.5 Å². The summed E-state index contributed by atoms with van der Waals surface area (Å²) in [6, 6.07) is 5.73. The monoisotopic (exact) mass is 485 g/mol. The van der Waals surface area contributed by atoms with Gasteiger partial charge in [-0.05, 0) is 68.6 Å². The maximum absolute atomic E-state index is 13.1. The SMILES string of the molecule is CCOc1ccc(CNc2nc(N3C[C@@H]4C[C@H]4C3)ncc2C(=O)NC2CCC(O)CC2)cc1Cl. The van der Waals surface area contributed by atoms with E-state index in [1.807, 2.05) is 25.1 Å². The van der Waals surface area contributed by atoms with Crippen LogP contribution in [0.5, 0.6) is 5.75 Å². The molecule has 2 heterocycles. The molecule has 0 bridgehead atoms. The Labute approximate surface area is 205 Å². The number of hydrogen-bond donors (Lipinski definition) is 3. The van der Waals surface area contributed by atoms with Crippen LogP contribution in [-0.2, 0) is 6.54 Å². The molecule has 2 atom stereocenters. The third kappa shape index (κ3) is 5.23. The number of benzene rings is 1. The zero-order chi connectivity index (χ0) is 23.7. The van der Waals surface area contributed by atoms with Gasteiger partial charge >= 0.3 is 0 Å². The molecule has 182 valence electrons. The van der Waals surface area contributed by atoms with Crippen LogP contribution < -0.4 is 20.3 Å². The molecular formula is C25H32ClN5O3. The third-order valence-electron chi connectivity index (χ3n) is 7.07. The van der Waals surface area contributed by atoms with Crippen LogP contribution in [0.15, 0.2) is 24.4 Å². The minimum Gasteiger partial charge on any atom is -0.492 e. The molecule has 2 aromatic rings. The molecule has 5 rings (SSSR count). The molecular weight excluding hydrogens is 454 g/mol. The lowest BCUT2D eigenvalue weighted by Crippen LogP contribution is -2.39. The number of fused-ring (bicyclic) bond motifs is 1. The Morgan fingerprint density at radius 2 is 2.00 bits per heavy atom. The lowest BCUT2D eigenvalue weighted by molar-refractivity contribution is 0.0867. The van der Waals surface area contributed by atoms with Crippen molar-refractivity contribution in [2.24, 2.45) is 11.8 Å². The number of aromatic nitrogens is 2. The number of ether oxygens (including phenoxy) is 1. The largest absolute Gasteiger partial charge is 0.492 e. The average molecular weight is 486 g/mol. The van der Waals surface area contributed by atoms with Gasteiger partial charge in [-0.2, -0.15) is 4.98 Å². The van der Waals surface area contributed by atoms with Crippen molar-refractivity contribution in [2.45, 2.75) is 57.7 Å². The van der Waals surface area contributed by atoms with Gasteiger partial charge in [-0.15, -0.1) is 0 Å². The van der Waals surface area contributed by atoms with E-state index in [1.54, 1.807) is 6.20 Å². The number of hydrogen-bond acceptors (Lipinski definition) is 7. The van der Waals surface area contributed by atoms with Crippen molar-refractivity contribution in [3.05, 3.63) is 40.5 Å². The van der Waals surface area contributed by atoms with Gasteiger partial charge in [-0.1, -0.05) is 17.7 Å². The quantitative estimate of drug-likeness (QED) is 0.525. The second-order valence-electron chi connectivity index (χ2n) is 9.62. The average Bonchev–Trinajstić information content (AvgIpc) is 3.45. The molecule has 9 heteroatoms.